The van der Waals surface area contributed by atoms with Crippen molar-refractivity contribution in [3.8, 4) is 0 Å². The van der Waals surface area contributed by atoms with Crippen LogP contribution in [0.1, 0.15) is 27.2 Å². The molecule has 0 radical (unpaired) electrons. The van der Waals surface area contributed by atoms with Crippen molar-refractivity contribution in [1.29, 1.82) is 0 Å². The van der Waals surface area contributed by atoms with E-state index in [1.54, 1.807) is 20.8 Å². The molecule has 0 atom stereocenters. The number of hydrogen-bond acceptors (Lipinski definition) is 4. The van der Waals surface area contributed by atoms with Crippen LogP contribution in [-0.4, -0.2) is 24.1 Å². The first-order chi connectivity index (χ1) is 6.35. The molecule has 0 aromatic heterocycles. The third-order valence-corrected chi connectivity index (χ3v) is 1.14. The van der Waals surface area contributed by atoms with Gasteiger partial charge < -0.3 is 9.47 Å². The summed E-state index contributed by atoms with van der Waals surface area (Å²) < 4.78 is 9.62. The van der Waals surface area contributed by atoms with Gasteiger partial charge >= 0.3 is 11.9 Å². The second-order valence-corrected chi connectivity index (χ2v) is 3.71. The quantitative estimate of drug-likeness (QED) is 0.509. The molecule has 0 unspecified atom stereocenters. The Balaban J connectivity index is 3.65. The van der Waals surface area contributed by atoms with Gasteiger partial charge in [-0.05, 0) is 20.8 Å². The molecule has 0 saturated carbocycles. The van der Waals surface area contributed by atoms with Gasteiger partial charge in [0.1, 0.15) is 12.2 Å². The van der Waals surface area contributed by atoms with Gasteiger partial charge in [-0.15, -0.1) is 0 Å². The Morgan fingerprint density at radius 1 is 1.36 bits per heavy atom. The van der Waals surface area contributed by atoms with E-state index in [1.807, 2.05) is 0 Å². The number of ether oxygens (including phenoxy) is 2. The van der Waals surface area contributed by atoms with Crippen molar-refractivity contribution in [3.63, 3.8) is 0 Å². The number of carbonyl (C=O) groups excluding carboxylic acids is 2. The monoisotopic (exact) mass is 200 g/mol. The largest absolute Gasteiger partial charge is 0.462 e. The summed E-state index contributed by atoms with van der Waals surface area (Å²) in [7, 11) is 0. The van der Waals surface area contributed by atoms with Gasteiger partial charge in [0.25, 0.3) is 0 Å². The van der Waals surface area contributed by atoms with E-state index in [0.29, 0.717) is 0 Å². The van der Waals surface area contributed by atoms with Gasteiger partial charge in [0.15, 0.2) is 0 Å². The van der Waals surface area contributed by atoms with Crippen LogP contribution in [0.3, 0.4) is 0 Å². The van der Waals surface area contributed by atoms with Crippen LogP contribution in [-0.2, 0) is 19.1 Å². The summed E-state index contributed by atoms with van der Waals surface area (Å²) in [5, 5.41) is 0. The third kappa shape index (κ3) is 7.34. The first kappa shape index (κ1) is 12.7. The highest BCUT2D eigenvalue weighted by atomic mass is 16.6. The standard InChI is InChI=1S/C10H16O4/c1-5-8(11)13-7-6-9(12)14-10(2,3)4/h5H,1,6-7H2,2-4H3. The first-order valence-corrected chi connectivity index (χ1v) is 4.36. The van der Waals surface area contributed by atoms with Crippen molar-refractivity contribution < 1.29 is 19.1 Å². The minimum Gasteiger partial charge on any atom is -0.462 e. The van der Waals surface area contributed by atoms with Crippen molar-refractivity contribution >= 4 is 11.9 Å². The van der Waals surface area contributed by atoms with Crippen molar-refractivity contribution in [1.82, 2.24) is 0 Å². The highest BCUT2D eigenvalue weighted by molar-refractivity contribution is 5.81. The van der Waals surface area contributed by atoms with Crippen LogP contribution in [0.2, 0.25) is 0 Å². The molecule has 0 rings (SSSR count). The summed E-state index contributed by atoms with van der Waals surface area (Å²) in [5.74, 6) is -0.914. The number of rotatable bonds is 4. The molecule has 0 aromatic carbocycles. The predicted molar refractivity (Wildman–Crippen MR) is 51.6 cm³/mol. The Hall–Kier alpha value is -1.32. The second kappa shape index (κ2) is 5.42. The molecule has 0 saturated heterocycles. The first-order valence-electron chi connectivity index (χ1n) is 4.36. The van der Waals surface area contributed by atoms with Crippen LogP contribution in [0.25, 0.3) is 0 Å². The van der Waals surface area contributed by atoms with Crippen molar-refractivity contribution in [3.05, 3.63) is 12.7 Å². The van der Waals surface area contributed by atoms with E-state index in [2.05, 4.69) is 11.3 Å². The fourth-order valence-electron chi connectivity index (χ4n) is 0.686. The van der Waals surface area contributed by atoms with Crippen molar-refractivity contribution in [2.45, 2.75) is 32.8 Å². The number of esters is 2. The van der Waals surface area contributed by atoms with E-state index in [-0.39, 0.29) is 19.0 Å². The Kier molecular flexibility index (Phi) is 4.91. The van der Waals surface area contributed by atoms with E-state index >= 15 is 0 Å². The lowest BCUT2D eigenvalue weighted by atomic mass is 10.2. The second-order valence-electron chi connectivity index (χ2n) is 3.71. The zero-order valence-corrected chi connectivity index (χ0v) is 8.83. The normalized spacial score (nSPS) is 10.5. The Bertz CT molecular complexity index is 225. The zero-order chi connectivity index (χ0) is 11.2. The predicted octanol–water partition coefficient (Wildman–Crippen LogP) is 1.45. The van der Waals surface area contributed by atoms with Crippen LogP contribution in [0.15, 0.2) is 12.7 Å². The molecule has 0 bridgehead atoms. The van der Waals surface area contributed by atoms with Crippen molar-refractivity contribution in [2.75, 3.05) is 6.61 Å². The van der Waals surface area contributed by atoms with E-state index in [0.717, 1.165) is 6.08 Å². The maximum Gasteiger partial charge on any atom is 0.330 e. The highest BCUT2D eigenvalue weighted by Crippen LogP contribution is 2.07. The molecule has 0 aromatic rings. The van der Waals surface area contributed by atoms with Crippen LogP contribution in [0, 0.1) is 0 Å². The van der Waals surface area contributed by atoms with Crippen LogP contribution in [0.4, 0.5) is 0 Å². The minimum absolute atomic E-state index is 0.0275. The summed E-state index contributed by atoms with van der Waals surface area (Å²) >= 11 is 0. The Morgan fingerprint density at radius 3 is 2.36 bits per heavy atom. The summed E-state index contributed by atoms with van der Waals surface area (Å²) in [4.78, 5) is 21.7. The summed E-state index contributed by atoms with van der Waals surface area (Å²) in [6.45, 7) is 8.59. The SMILES string of the molecule is C=CC(=O)OCCC(=O)OC(C)(C)C. The molecule has 4 nitrogen and oxygen atoms in total. The summed E-state index contributed by atoms with van der Waals surface area (Å²) in [6, 6.07) is 0. The van der Waals surface area contributed by atoms with Gasteiger partial charge in [-0.25, -0.2) is 4.79 Å². The van der Waals surface area contributed by atoms with Crippen molar-refractivity contribution in [2.24, 2.45) is 0 Å². The minimum atomic E-state index is -0.534. The molecule has 0 heterocycles. The van der Waals surface area contributed by atoms with Gasteiger partial charge in [0, 0.05) is 6.08 Å². The number of carbonyl (C=O) groups is 2. The molecule has 0 amide bonds. The molecule has 14 heavy (non-hydrogen) atoms. The summed E-state index contributed by atoms with van der Waals surface area (Å²) in [5.41, 5.74) is -0.500. The Labute approximate surface area is 83.9 Å². The number of hydrogen-bond donors (Lipinski definition) is 0. The fourth-order valence-corrected chi connectivity index (χ4v) is 0.686. The van der Waals surface area contributed by atoms with Gasteiger partial charge in [-0.2, -0.15) is 0 Å². The Morgan fingerprint density at radius 2 is 1.93 bits per heavy atom. The third-order valence-electron chi connectivity index (χ3n) is 1.14. The molecule has 0 aliphatic carbocycles. The average Bonchev–Trinajstić information content (AvgIpc) is 2.00. The fraction of sp³-hybridized carbons (Fsp3) is 0.600. The molecule has 4 heteroatoms. The van der Waals surface area contributed by atoms with Gasteiger partial charge in [0.05, 0.1) is 6.42 Å². The molecule has 0 spiro atoms. The lowest BCUT2D eigenvalue weighted by Crippen LogP contribution is -2.24. The average molecular weight is 200 g/mol. The van der Waals surface area contributed by atoms with Gasteiger partial charge in [0.2, 0.25) is 0 Å². The maximum atomic E-state index is 11.1. The molecule has 0 N–H and O–H groups in total. The van der Waals surface area contributed by atoms with Crippen LogP contribution in [0.5, 0.6) is 0 Å². The van der Waals surface area contributed by atoms with Gasteiger partial charge in [-0.1, -0.05) is 6.58 Å². The van der Waals surface area contributed by atoms with Gasteiger partial charge in [-0.3, -0.25) is 4.79 Å². The van der Waals surface area contributed by atoms with E-state index in [9.17, 15) is 9.59 Å². The van der Waals surface area contributed by atoms with Crippen LogP contribution < -0.4 is 0 Å². The summed E-state index contributed by atoms with van der Waals surface area (Å²) in [6.07, 6.45) is 1.12. The smallest absolute Gasteiger partial charge is 0.330 e. The maximum absolute atomic E-state index is 11.1. The van der Waals surface area contributed by atoms with Crippen LogP contribution >= 0.6 is 0 Å². The molecular formula is C10H16O4. The van der Waals surface area contributed by atoms with E-state index < -0.39 is 11.6 Å². The lowest BCUT2D eigenvalue weighted by molar-refractivity contribution is -0.156. The lowest BCUT2D eigenvalue weighted by Gasteiger charge is -2.19. The highest BCUT2D eigenvalue weighted by Gasteiger charge is 2.15. The zero-order valence-electron chi connectivity index (χ0n) is 8.83. The molecule has 80 valence electrons. The van der Waals surface area contributed by atoms with E-state index in [1.165, 1.54) is 0 Å². The molecular weight excluding hydrogens is 184 g/mol. The van der Waals surface area contributed by atoms with E-state index in [4.69, 9.17) is 4.74 Å². The molecule has 0 aliphatic rings. The molecule has 0 fully saturated rings. The topological polar surface area (TPSA) is 52.6 Å². The molecule has 0 aliphatic heterocycles.